The van der Waals surface area contributed by atoms with Crippen LogP contribution in [0.4, 0.5) is 0 Å². The number of rotatable bonds is 5. The second-order valence-corrected chi connectivity index (χ2v) is 10.4. The molecule has 0 atom stereocenters. The van der Waals surface area contributed by atoms with E-state index in [2.05, 4.69) is 47.4 Å². The number of furan rings is 1. The van der Waals surface area contributed by atoms with E-state index in [-0.39, 0.29) is 0 Å². The smallest absolute Gasteiger partial charge is 0.167 e. The second-order valence-electron chi connectivity index (χ2n) is 10.4. The van der Waals surface area contributed by atoms with E-state index in [0.717, 1.165) is 60.9 Å². The molecular weight excluding hydrogens is 528 g/mol. The molecule has 0 bridgehead atoms. The van der Waals surface area contributed by atoms with Crippen molar-refractivity contribution in [1.82, 2.24) is 19.9 Å². The molecule has 202 valence electrons. The quantitative estimate of drug-likeness (QED) is 0.213. The Morgan fingerprint density at radius 2 is 0.930 bits per heavy atom. The summed E-state index contributed by atoms with van der Waals surface area (Å²) >= 11 is 0. The fraction of sp³-hybridized carbons (Fsp3) is 0. The van der Waals surface area contributed by atoms with Gasteiger partial charge in [-0.1, -0.05) is 103 Å². The molecule has 0 fully saturated rings. The van der Waals surface area contributed by atoms with Crippen LogP contribution in [0.15, 0.2) is 150 Å². The van der Waals surface area contributed by atoms with E-state index in [1.165, 1.54) is 0 Å². The fourth-order valence-electron chi connectivity index (χ4n) is 5.49. The monoisotopic (exact) mass is 552 g/mol. The van der Waals surface area contributed by atoms with Gasteiger partial charge >= 0.3 is 0 Å². The number of para-hydroxylation sites is 1. The summed E-state index contributed by atoms with van der Waals surface area (Å²) in [4.78, 5) is 19.1. The highest BCUT2D eigenvalue weighted by Gasteiger charge is 2.19. The lowest BCUT2D eigenvalue weighted by Crippen LogP contribution is -2.00. The molecule has 5 heteroatoms. The zero-order valence-electron chi connectivity index (χ0n) is 23.1. The molecule has 0 radical (unpaired) electrons. The van der Waals surface area contributed by atoms with E-state index in [4.69, 9.17) is 19.4 Å². The Balaban J connectivity index is 1.36. The van der Waals surface area contributed by atoms with Crippen LogP contribution in [-0.2, 0) is 0 Å². The lowest BCUT2D eigenvalue weighted by atomic mass is 9.97. The van der Waals surface area contributed by atoms with E-state index in [0.29, 0.717) is 17.5 Å². The van der Waals surface area contributed by atoms with Crippen LogP contribution in [0.1, 0.15) is 0 Å². The molecule has 0 spiro atoms. The normalized spacial score (nSPS) is 11.3. The predicted molar refractivity (Wildman–Crippen MR) is 172 cm³/mol. The molecule has 0 amide bonds. The molecule has 3 aromatic heterocycles. The van der Waals surface area contributed by atoms with Crippen molar-refractivity contribution in [2.75, 3.05) is 0 Å². The molecule has 0 aliphatic rings. The van der Waals surface area contributed by atoms with Crippen molar-refractivity contribution < 1.29 is 4.42 Å². The molecule has 43 heavy (non-hydrogen) atoms. The van der Waals surface area contributed by atoms with Gasteiger partial charge in [-0.2, -0.15) is 0 Å². The van der Waals surface area contributed by atoms with E-state index < -0.39 is 0 Å². The molecule has 8 aromatic rings. The van der Waals surface area contributed by atoms with Crippen LogP contribution in [0, 0.1) is 0 Å². The summed E-state index contributed by atoms with van der Waals surface area (Å²) in [5, 5.41) is 2.07. The summed E-state index contributed by atoms with van der Waals surface area (Å²) in [7, 11) is 0. The highest BCUT2D eigenvalue weighted by atomic mass is 16.3. The maximum Gasteiger partial charge on any atom is 0.167 e. The Bertz CT molecular complexity index is 2150. The van der Waals surface area contributed by atoms with Crippen LogP contribution in [-0.4, -0.2) is 19.9 Å². The SMILES string of the molecule is c1ccc(-c2nc(-c3ccccc3)nc(-c3cc(-c4ccc(-c5ccncc5)cc4)cc4c3oc3ccccc34)n2)cc1. The number of fused-ring (bicyclic) bond motifs is 3. The first kappa shape index (κ1) is 24.8. The molecule has 0 unspecified atom stereocenters. The zero-order valence-corrected chi connectivity index (χ0v) is 23.1. The van der Waals surface area contributed by atoms with Gasteiger partial charge in [0.25, 0.3) is 0 Å². The van der Waals surface area contributed by atoms with E-state index in [1.54, 1.807) is 0 Å². The maximum atomic E-state index is 6.49. The number of benzene rings is 5. The summed E-state index contributed by atoms with van der Waals surface area (Å²) < 4.78 is 6.49. The number of pyridine rings is 1. The summed E-state index contributed by atoms with van der Waals surface area (Å²) in [6.07, 6.45) is 3.63. The van der Waals surface area contributed by atoms with Crippen molar-refractivity contribution >= 4 is 21.9 Å². The minimum Gasteiger partial charge on any atom is -0.455 e. The van der Waals surface area contributed by atoms with Gasteiger partial charge in [0.15, 0.2) is 17.5 Å². The van der Waals surface area contributed by atoms with Gasteiger partial charge in [0.2, 0.25) is 0 Å². The van der Waals surface area contributed by atoms with Crippen molar-refractivity contribution in [3.63, 3.8) is 0 Å². The molecule has 0 saturated heterocycles. The summed E-state index contributed by atoms with van der Waals surface area (Å²) in [5.41, 5.74) is 8.65. The molecule has 3 heterocycles. The van der Waals surface area contributed by atoms with Crippen LogP contribution >= 0.6 is 0 Å². The third kappa shape index (κ3) is 4.63. The van der Waals surface area contributed by atoms with Gasteiger partial charge in [-0.15, -0.1) is 0 Å². The van der Waals surface area contributed by atoms with Crippen molar-refractivity contribution in [2.45, 2.75) is 0 Å². The first-order valence-electron chi connectivity index (χ1n) is 14.1. The van der Waals surface area contributed by atoms with Crippen LogP contribution in [0.2, 0.25) is 0 Å². The van der Waals surface area contributed by atoms with Gasteiger partial charge in [0, 0.05) is 34.3 Å². The molecule has 5 nitrogen and oxygen atoms in total. The lowest BCUT2D eigenvalue weighted by molar-refractivity contribution is 0.669. The van der Waals surface area contributed by atoms with E-state index in [1.807, 2.05) is 103 Å². The standard InChI is InChI=1S/C38H24N4O/c1-3-9-28(10-4-1)36-40-37(29-11-5-2-6-12-29)42-38(41-36)33-24-30(23-32-31-13-7-8-14-34(31)43-35(32)33)26-17-15-25(16-18-26)27-19-21-39-22-20-27/h1-24H. The van der Waals surface area contributed by atoms with Crippen LogP contribution in [0.5, 0.6) is 0 Å². The fourth-order valence-corrected chi connectivity index (χ4v) is 5.49. The number of aromatic nitrogens is 4. The Kier molecular flexibility index (Phi) is 6.05. The Labute approximate surface area is 248 Å². The Morgan fingerprint density at radius 1 is 0.395 bits per heavy atom. The second kappa shape index (κ2) is 10.5. The van der Waals surface area contributed by atoms with Gasteiger partial charge in [-0.25, -0.2) is 15.0 Å². The summed E-state index contributed by atoms with van der Waals surface area (Å²) in [6, 6.07) is 45.1. The maximum absolute atomic E-state index is 6.49. The van der Waals surface area contributed by atoms with Crippen molar-refractivity contribution in [3.8, 4) is 56.4 Å². The molecule has 0 N–H and O–H groups in total. The lowest BCUT2D eigenvalue weighted by Gasteiger charge is -2.11. The molecular formula is C38H24N4O. The zero-order chi connectivity index (χ0) is 28.6. The highest BCUT2D eigenvalue weighted by molar-refractivity contribution is 6.11. The third-order valence-electron chi connectivity index (χ3n) is 7.65. The first-order valence-corrected chi connectivity index (χ1v) is 14.1. The third-order valence-corrected chi connectivity index (χ3v) is 7.65. The van der Waals surface area contributed by atoms with Gasteiger partial charge in [0.1, 0.15) is 11.2 Å². The predicted octanol–water partition coefficient (Wildman–Crippen LogP) is 9.50. The van der Waals surface area contributed by atoms with Gasteiger partial charge in [-0.3, -0.25) is 4.98 Å². The van der Waals surface area contributed by atoms with Crippen LogP contribution in [0.25, 0.3) is 78.4 Å². The molecule has 0 saturated carbocycles. The van der Waals surface area contributed by atoms with Gasteiger partial charge < -0.3 is 4.42 Å². The molecule has 8 rings (SSSR count). The molecule has 0 aliphatic carbocycles. The van der Waals surface area contributed by atoms with E-state index in [9.17, 15) is 0 Å². The minimum absolute atomic E-state index is 0.562. The van der Waals surface area contributed by atoms with Crippen LogP contribution < -0.4 is 0 Å². The Hall–Kier alpha value is -5.94. The largest absolute Gasteiger partial charge is 0.455 e. The first-order chi connectivity index (χ1) is 21.3. The van der Waals surface area contributed by atoms with Crippen molar-refractivity contribution in [1.29, 1.82) is 0 Å². The van der Waals surface area contributed by atoms with E-state index >= 15 is 0 Å². The van der Waals surface area contributed by atoms with Crippen LogP contribution in [0.3, 0.4) is 0 Å². The van der Waals surface area contributed by atoms with Gasteiger partial charge in [-0.05, 0) is 52.6 Å². The summed E-state index contributed by atoms with van der Waals surface area (Å²) in [5.74, 6) is 1.79. The summed E-state index contributed by atoms with van der Waals surface area (Å²) in [6.45, 7) is 0. The average Bonchev–Trinajstić information content (AvgIpc) is 3.48. The van der Waals surface area contributed by atoms with Crippen molar-refractivity contribution in [3.05, 3.63) is 146 Å². The van der Waals surface area contributed by atoms with Gasteiger partial charge in [0.05, 0.1) is 5.56 Å². The average molecular weight is 553 g/mol. The number of hydrogen-bond donors (Lipinski definition) is 0. The number of nitrogens with zero attached hydrogens (tertiary/aromatic N) is 4. The Morgan fingerprint density at radius 3 is 1.58 bits per heavy atom. The topological polar surface area (TPSA) is 64.7 Å². The highest BCUT2D eigenvalue weighted by Crippen LogP contribution is 2.39. The number of hydrogen-bond acceptors (Lipinski definition) is 5. The molecule has 0 aliphatic heterocycles. The van der Waals surface area contributed by atoms with Crippen molar-refractivity contribution in [2.24, 2.45) is 0 Å². The molecule has 5 aromatic carbocycles. The minimum atomic E-state index is 0.562.